The lowest BCUT2D eigenvalue weighted by atomic mass is 10.1. The minimum Gasteiger partial charge on any atom is -0.497 e. The van der Waals surface area contributed by atoms with E-state index >= 15 is 0 Å². The maximum Gasteiger partial charge on any atom is 0.339 e. The van der Waals surface area contributed by atoms with Crippen molar-refractivity contribution in [3.05, 3.63) is 78.4 Å². The molecular weight excluding hydrogens is 382 g/mol. The van der Waals surface area contributed by atoms with Crippen molar-refractivity contribution < 1.29 is 19.1 Å². The van der Waals surface area contributed by atoms with Crippen LogP contribution in [0.15, 0.2) is 72.8 Å². The molecule has 1 heterocycles. The van der Waals surface area contributed by atoms with Gasteiger partial charge in [-0.1, -0.05) is 30.3 Å². The first-order valence-electron chi connectivity index (χ1n) is 9.29. The van der Waals surface area contributed by atoms with Gasteiger partial charge < -0.3 is 19.8 Å². The Hall–Kier alpha value is -4.13. The van der Waals surface area contributed by atoms with Crippen LogP contribution in [0.25, 0.3) is 22.4 Å². The minimum atomic E-state index is -0.601. The number of anilines is 1. The molecule has 0 aliphatic rings. The van der Waals surface area contributed by atoms with E-state index in [9.17, 15) is 9.59 Å². The maximum atomic E-state index is 12.6. The number of esters is 1. The molecular formula is C23H19N3O4. The van der Waals surface area contributed by atoms with E-state index in [1.807, 2.05) is 30.3 Å². The molecule has 1 amide bonds. The van der Waals surface area contributed by atoms with Gasteiger partial charge in [0, 0.05) is 11.3 Å². The van der Waals surface area contributed by atoms with E-state index in [2.05, 4.69) is 15.3 Å². The third-order valence-corrected chi connectivity index (χ3v) is 4.50. The number of hydrogen-bond acceptors (Lipinski definition) is 5. The molecule has 3 aromatic carbocycles. The van der Waals surface area contributed by atoms with Crippen LogP contribution in [0.2, 0.25) is 0 Å². The molecule has 7 nitrogen and oxygen atoms in total. The summed E-state index contributed by atoms with van der Waals surface area (Å²) in [7, 11) is 1.57. The normalized spacial score (nSPS) is 10.6. The second-order valence-corrected chi connectivity index (χ2v) is 6.50. The van der Waals surface area contributed by atoms with Crippen LogP contribution in [-0.2, 0) is 9.53 Å². The summed E-state index contributed by atoms with van der Waals surface area (Å²) in [5.41, 5.74) is 3.19. The van der Waals surface area contributed by atoms with Crippen molar-refractivity contribution in [3.8, 4) is 17.1 Å². The summed E-state index contributed by atoms with van der Waals surface area (Å²) in [5, 5.41) is 2.67. The monoisotopic (exact) mass is 401 g/mol. The number of nitrogens with zero attached hydrogens (tertiary/aromatic N) is 1. The number of aromatic amines is 1. The van der Waals surface area contributed by atoms with Gasteiger partial charge in [-0.05, 0) is 42.5 Å². The van der Waals surface area contributed by atoms with Gasteiger partial charge in [-0.3, -0.25) is 4.79 Å². The highest BCUT2D eigenvalue weighted by Gasteiger charge is 2.17. The summed E-state index contributed by atoms with van der Waals surface area (Å²) in [4.78, 5) is 32.5. The molecule has 30 heavy (non-hydrogen) atoms. The Kier molecular flexibility index (Phi) is 5.43. The van der Waals surface area contributed by atoms with Gasteiger partial charge in [-0.15, -0.1) is 0 Å². The van der Waals surface area contributed by atoms with Crippen molar-refractivity contribution in [2.75, 3.05) is 19.0 Å². The predicted octanol–water partition coefficient (Wildman–Crippen LogP) is 4.03. The van der Waals surface area contributed by atoms with Crippen LogP contribution in [0.4, 0.5) is 5.69 Å². The predicted molar refractivity (Wildman–Crippen MR) is 113 cm³/mol. The largest absolute Gasteiger partial charge is 0.497 e. The molecule has 150 valence electrons. The standard InChI is InChI=1S/C23H19N3O4/c1-29-16-12-10-15(11-13-16)24-21(27)14-30-23(28)18-7-3-2-6-17(18)22-25-19-8-4-5-9-20(19)26-22/h2-13H,14H2,1H3,(H,24,27)(H,25,26). The van der Waals surface area contributed by atoms with Crippen molar-refractivity contribution in [3.63, 3.8) is 0 Å². The molecule has 0 saturated heterocycles. The van der Waals surface area contributed by atoms with Crippen molar-refractivity contribution in [1.29, 1.82) is 0 Å². The topological polar surface area (TPSA) is 93.3 Å². The van der Waals surface area contributed by atoms with E-state index in [-0.39, 0.29) is 0 Å². The van der Waals surface area contributed by atoms with Crippen molar-refractivity contribution in [2.24, 2.45) is 0 Å². The van der Waals surface area contributed by atoms with Gasteiger partial charge in [-0.25, -0.2) is 9.78 Å². The van der Waals surface area contributed by atoms with Gasteiger partial charge in [0.05, 0.1) is 23.7 Å². The van der Waals surface area contributed by atoms with Gasteiger partial charge >= 0.3 is 5.97 Å². The quantitative estimate of drug-likeness (QED) is 0.476. The summed E-state index contributed by atoms with van der Waals surface area (Å²) >= 11 is 0. The van der Waals surface area contributed by atoms with E-state index in [1.54, 1.807) is 49.6 Å². The summed E-state index contributed by atoms with van der Waals surface area (Å²) in [5.74, 6) is 0.207. The second kappa shape index (κ2) is 8.48. The van der Waals surface area contributed by atoms with Crippen LogP contribution in [0.3, 0.4) is 0 Å². The molecule has 0 aliphatic carbocycles. The third kappa shape index (κ3) is 4.15. The van der Waals surface area contributed by atoms with Crippen molar-refractivity contribution in [2.45, 2.75) is 0 Å². The van der Waals surface area contributed by atoms with E-state index < -0.39 is 18.5 Å². The lowest BCUT2D eigenvalue weighted by Crippen LogP contribution is -2.21. The average molecular weight is 401 g/mol. The maximum absolute atomic E-state index is 12.6. The highest BCUT2D eigenvalue weighted by molar-refractivity contribution is 5.99. The van der Waals surface area contributed by atoms with Crippen molar-refractivity contribution >= 4 is 28.6 Å². The molecule has 1 aromatic heterocycles. The number of imidazole rings is 1. The number of ether oxygens (including phenoxy) is 2. The molecule has 0 spiro atoms. The fourth-order valence-corrected chi connectivity index (χ4v) is 3.03. The van der Waals surface area contributed by atoms with E-state index in [0.717, 1.165) is 11.0 Å². The Morgan fingerprint density at radius 1 is 0.967 bits per heavy atom. The molecule has 0 aliphatic heterocycles. The SMILES string of the molecule is COc1ccc(NC(=O)COC(=O)c2ccccc2-c2nc3ccccc3[nH]2)cc1. The number of H-pyrrole nitrogens is 1. The van der Waals surface area contributed by atoms with Crippen LogP contribution in [0.1, 0.15) is 10.4 Å². The van der Waals surface area contributed by atoms with Crippen LogP contribution in [0.5, 0.6) is 5.75 Å². The number of rotatable bonds is 6. The Morgan fingerprint density at radius 2 is 1.70 bits per heavy atom. The number of benzene rings is 3. The van der Waals surface area contributed by atoms with E-state index in [4.69, 9.17) is 9.47 Å². The summed E-state index contributed by atoms with van der Waals surface area (Å²) in [6.07, 6.45) is 0. The number of hydrogen-bond donors (Lipinski definition) is 2. The van der Waals surface area contributed by atoms with E-state index in [1.165, 1.54) is 0 Å². The van der Waals surface area contributed by atoms with Gasteiger partial charge in [0.25, 0.3) is 5.91 Å². The molecule has 4 rings (SSSR count). The number of carbonyl (C=O) groups is 2. The summed E-state index contributed by atoms with van der Waals surface area (Å²) in [6, 6.07) is 21.4. The van der Waals surface area contributed by atoms with Gasteiger partial charge in [-0.2, -0.15) is 0 Å². The third-order valence-electron chi connectivity index (χ3n) is 4.50. The lowest BCUT2D eigenvalue weighted by Gasteiger charge is -2.09. The second-order valence-electron chi connectivity index (χ2n) is 6.50. The Morgan fingerprint density at radius 3 is 2.47 bits per heavy atom. The Bertz CT molecular complexity index is 1170. The zero-order valence-corrected chi connectivity index (χ0v) is 16.2. The zero-order valence-electron chi connectivity index (χ0n) is 16.2. The van der Waals surface area contributed by atoms with E-state index in [0.29, 0.717) is 28.4 Å². The van der Waals surface area contributed by atoms with Gasteiger partial charge in [0.15, 0.2) is 6.61 Å². The number of methoxy groups -OCH3 is 1. The molecule has 0 saturated carbocycles. The molecule has 0 bridgehead atoms. The number of fused-ring (bicyclic) bond motifs is 1. The van der Waals surface area contributed by atoms with Crippen LogP contribution >= 0.6 is 0 Å². The molecule has 2 N–H and O–H groups in total. The smallest absolute Gasteiger partial charge is 0.339 e. The molecule has 0 fully saturated rings. The highest BCUT2D eigenvalue weighted by Crippen LogP contribution is 2.24. The van der Waals surface area contributed by atoms with Crippen molar-refractivity contribution in [1.82, 2.24) is 9.97 Å². The average Bonchev–Trinajstić information content (AvgIpc) is 3.22. The Labute approximate surface area is 172 Å². The first-order chi connectivity index (χ1) is 14.6. The minimum absolute atomic E-state index is 0.328. The zero-order chi connectivity index (χ0) is 20.9. The van der Waals surface area contributed by atoms with Crippen LogP contribution in [-0.4, -0.2) is 35.6 Å². The summed E-state index contributed by atoms with van der Waals surface area (Å²) in [6.45, 7) is -0.403. The molecule has 7 heteroatoms. The number of nitrogens with one attached hydrogen (secondary N) is 2. The summed E-state index contributed by atoms with van der Waals surface area (Å²) < 4.78 is 10.3. The fraction of sp³-hybridized carbons (Fsp3) is 0.0870. The molecule has 4 aromatic rings. The lowest BCUT2D eigenvalue weighted by molar-refractivity contribution is -0.119. The fourth-order valence-electron chi connectivity index (χ4n) is 3.03. The number of para-hydroxylation sites is 2. The molecule has 0 unspecified atom stereocenters. The van der Waals surface area contributed by atoms with Crippen LogP contribution < -0.4 is 10.1 Å². The van der Waals surface area contributed by atoms with Crippen LogP contribution in [0, 0.1) is 0 Å². The number of amides is 1. The first-order valence-corrected chi connectivity index (χ1v) is 9.29. The number of aromatic nitrogens is 2. The molecule has 0 atom stereocenters. The van der Waals surface area contributed by atoms with Gasteiger partial charge in [0.2, 0.25) is 0 Å². The first kappa shape index (κ1) is 19.2. The Balaban J connectivity index is 1.45. The number of carbonyl (C=O) groups excluding carboxylic acids is 2. The molecule has 0 radical (unpaired) electrons. The highest BCUT2D eigenvalue weighted by atomic mass is 16.5. The van der Waals surface area contributed by atoms with Gasteiger partial charge in [0.1, 0.15) is 11.6 Å².